The van der Waals surface area contributed by atoms with E-state index in [4.69, 9.17) is 14.3 Å². The number of carbonyl (C=O) groups is 2. The summed E-state index contributed by atoms with van der Waals surface area (Å²) in [5.74, 6) is -0.730. The third-order valence-electron chi connectivity index (χ3n) is 4.23. The summed E-state index contributed by atoms with van der Waals surface area (Å²) in [6, 6.07) is 7.57. The number of aliphatic carboxylic acids is 1. The topological polar surface area (TPSA) is 83.2 Å². The standard InChI is InChI=1S/C18H22N2O5/c1-12-3-4-15-13(7-12)8-16(25-15)18(23)20-5-6-24-14(10-20)9-19(2)11-17(21)22/h3-4,7-8,14H,5-6,9-11H2,1-2H3,(H,21,22). The molecule has 1 amide bonds. The van der Waals surface area contributed by atoms with E-state index in [0.29, 0.717) is 37.6 Å². The molecule has 1 saturated heterocycles. The largest absolute Gasteiger partial charge is 0.480 e. The van der Waals surface area contributed by atoms with Gasteiger partial charge in [-0.15, -0.1) is 0 Å². The van der Waals surface area contributed by atoms with Crippen LogP contribution < -0.4 is 0 Å². The smallest absolute Gasteiger partial charge is 0.317 e. The van der Waals surface area contributed by atoms with Gasteiger partial charge in [0.15, 0.2) is 5.76 Å². The number of carboxylic acids is 1. The molecule has 1 aliphatic rings. The third-order valence-corrected chi connectivity index (χ3v) is 4.23. The Morgan fingerprint density at radius 3 is 2.92 bits per heavy atom. The van der Waals surface area contributed by atoms with Crippen LogP contribution in [-0.4, -0.2) is 72.7 Å². The Balaban J connectivity index is 1.67. The first-order valence-electron chi connectivity index (χ1n) is 8.24. The van der Waals surface area contributed by atoms with Gasteiger partial charge in [-0.05, 0) is 32.2 Å². The summed E-state index contributed by atoms with van der Waals surface area (Å²) < 4.78 is 11.3. The molecule has 3 rings (SSSR count). The number of furan rings is 1. The Morgan fingerprint density at radius 2 is 2.16 bits per heavy atom. The molecule has 0 saturated carbocycles. The average molecular weight is 346 g/mol. The molecule has 1 aromatic heterocycles. The normalized spacial score (nSPS) is 18.0. The number of rotatable bonds is 5. The van der Waals surface area contributed by atoms with Crippen molar-refractivity contribution in [1.29, 1.82) is 0 Å². The van der Waals surface area contributed by atoms with Gasteiger partial charge in [0.05, 0.1) is 19.3 Å². The molecule has 0 bridgehead atoms. The lowest BCUT2D eigenvalue weighted by Crippen LogP contribution is -2.49. The van der Waals surface area contributed by atoms with E-state index in [1.54, 1.807) is 22.9 Å². The lowest BCUT2D eigenvalue weighted by atomic mass is 10.2. The lowest BCUT2D eigenvalue weighted by molar-refractivity contribution is -0.138. The molecule has 0 aliphatic carbocycles. The van der Waals surface area contributed by atoms with Gasteiger partial charge in [-0.2, -0.15) is 0 Å². The SMILES string of the molecule is Cc1ccc2oc(C(=O)N3CCOC(CN(C)CC(=O)O)C3)cc2c1. The second kappa shape index (κ2) is 7.25. The lowest BCUT2D eigenvalue weighted by Gasteiger charge is -2.34. The van der Waals surface area contributed by atoms with Gasteiger partial charge in [0.1, 0.15) is 5.58 Å². The molecular formula is C18H22N2O5. The number of ether oxygens (including phenoxy) is 1. The summed E-state index contributed by atoms with van der Waals surface area (Å²) in [6.45, 7) is 3.73. The van der Waals surface area contributed by atoms with Crippen LogP contribution in [0, 0.1) is 6.92 Å². The first-order chi connectivity index (χ1) is 11.9. The summed E-state index contributed by atoms with van der Waals surface area (Å²) in [5, 5.41) is 9.74. The number of morpholine rings is 1. The summed E-state index contributed by atoms with van der Waals surface area (Å²) in [5.41, 5.74) is 1.81. The van der Waals surface area contributed by atoms with Gasteiger partial charge in [-0.3, -0.25) is 14.5 Å². The molecule has 1 N–H and O–H groups in total. The van der Waals surface area contributed by atoms with Gasteiger partial charge in [0, 0.05) is 25.0 Å². The number of hydrogen-bond acceptors (Lipinski definition) is 5. The molecule has 0 radical (unpaired) electrons. The zero-order valence-electron chi connectivity index (χ0n) is 14.4. The molecule has 2 heterocycles. The molecule has 2 aromatic rings. The number of amides is 1. The minimum Gasteiger partial charge on any atom is -0.480 e. The summed E-state index contributed by atoms with van der Waals surface area (Å²) >= 11 is 0. The van der Waals surface area contributed by atoms with E-state index in [9.17, 15) is 9.59 Å². The van der Waals surface area contributed by atoms with E-state index in [1.807, 2.05) is 25.1 Å². The summed E-state index contributed by atoms with van der Waals surface area (Å²) in [7, 11) is 1.72. The Labute approximate surface area is 145 Å². The van der Waals surface area contributed by atoms with Crippen LogP contribution in [0.1, 0.15) is 16.1 Å². The Morgan fingerprint density at radius 1 is 1.36 bits per heavy atom. The Kier molecular flexibility index (Phi) is 5.06. The molecule has 1 aromatic carbocycles. The number of aryl methyl sites for hydroxylation is 1. The first-order valence-corrected chi connectivity index (χ1v) is 8.24. The predicted octanol–water partition coefficient (Wildman–Crippen LogP) is 1.60. The van der Waals surface area contributed by atoms with E-state index in [2.05, 4.69) is 0 Å². The zero-order valence-corrected chi connectivity index (χ0v) is 14.4. The fraction of sp³-hybridized carbons (Fsp3) is 0.444. The minimum atomic E-state index is -0.885. The highest BCUT2D eigenvalue weighted by Crippen LogP contribution is 2.22. The van der Waals surface area contributed by atoms with Gasteiger partial charge < -0.3 is 19.2 Å². The number of carboxylic acid groups (broad SMARTS) is 1. The number of carbonyl (C=O) groups excluding carboxylic acids is 1. The second-order valence-electron chi connectivity index (χ2n) is 6.49. The maximum atomic E-state index is 12.7. The number of fused-ring (bicyclic) bond motifs is 1. The van der Waals surface area contributed by atoms with Crippen molar-refractivity contribution in [2.24, 2.45) is 0 Å². The fourth-order valence-corrected chi connectivity index (χ4v) is 3.08. The first kappa shape index (κ1) is 17.4. The summed E-state index contributed by atoms with van der Waals surface area (Å²) in [6.07, 6.45) is -0.214. The maximum Gasteiger partial charge on any atom is 0.317 e. The quantitative estimate of drug-likeness (QED) is 0.885. The van der Waals surface area contributed by atoms with E-state index in [1.165, 1.54) is 0 Å². The summed E-state index contributed by atoms with van der Waals surface area (Å²) in [4.78, 5) is 26.9. The van der Waals surface area contributed by atoms with E-state index in [0.717, 1.165) is 10.9 Å². The van der Waals surface area contributed by atoms with Crippen molar-refractivity contribution in [3.8, 4) is 0 Å². The molecule has 1 atom stereocenters. The Hall–Kier alpha value is -2.38. The van der Waals surface area contributed by atoms with Crippen LogP contribution in [-0.2, 0) is 9.53 Å². The molecule has 0 spiro atoms. The number of hydrogen-bond donors (Lipinski definition) is 1. The van der Waals surface area contributed by atoms with Crippen LogP contribution in [0.25, 0.3) is 11.0 Å². The molecule has 7 heteroatoms. The monoisotopic (exact) mass is 346 g/mol. The molecule has 1 fully saturated rings. The van der Waals surface area contributed by atoms with Gasteiger partial charge >= 0.3 is 5.97 Å². The van der Waals surface area contributed by atoms with Crippen LogP contribution >= 0.6 is 0 Å². The van der Waals surface area contributed by atoms with Crippen molar-refractivity contribution >= 4 is 22.8 Å². The number of benzene rings is 1. The maximum absolute atomic E-state index is 12.7. The second-order valence-corrected chi connectivity index (χ2v) is 6.49. The van der Waals surface area contributed by atoms with Gasteiger partial charge in [0.2, 0.25) is 0 Å². The Bertz CT molecular complexity index is 785. The molecule has 134 valence electrons. The van der Waals surface area contributed by atoms with Crippen molar-refractivity contribution in [3.05, 3.63) is 35.6 Å². The molecule has 1 aliphatic heterocycles. The van der Waals surface area contributed by atoms with Crippen LogP contribution in [0.4, 0.5) is 0 Å². The van der Waals surface area contributed by atoms with Crippen LogP contribution in [0.3, 0.4) is 0 Å². The van der Waals surface area contributed by atoms with Gasteiger partial charge in [-0.25, -0.2) is 0 Å². The van der Waals surface area contributed by atoms with Crippen LogP contribution in [0.15, 0.2) is 28.7 Å². The van der Waals surface area contributed by atoms with E-state index in [-0.39, 0.29) is 18.6 Å². The van der Waals surface area contributed by atoms with Crippen molar-refractivity contribution in [2.45, 2.75) is 13.0 Å². The molecule has 7 nitrogen and oxygen atoms in total. The van der Waals surface area contributed by atoms with Crippen molar-refractivity contribution < 1.29 is 23.8 Å². The highest BCUT2D eigenvalue weighted by atomic mass is 16.5. The van der Waals surface area contributed by atoms with Crippen molar-refractivity contribution in [2.75, 3.05) is 39.8 Å². The average Bonchev–Trinajstić information content (AvgIpc) is 2.96. The molecule has 1 unspecified atom stereocenters. The molecular weight excluding hydrogens is 324 g/mol. The van der Waals surface area contributed by atoms with Gasteiger partial charge in [0.25, 0.3) is 5.91 Å². The highest BCUT2D eigenvalue weighted by molar-refractivity contribution is 5.96. The predicted molar refractivity (Wildman–Crippen MR) is 91.7 cm³/mol. The zero-order chi connectivity index (χ0) is 18.0. The fourth-order valence-electron chi connectivity index (χ4n) is 3.08. The minimum absolute atomic E-state index is 0.0588. The van der Waals surface area contributed by atoms with Crippen LogP contribution in [0.2, 0.25) is 0 Å². The van der Waals surface area contributed by atoms with Gasteiger partial charge in [-0.1, -0.05) is 11.6 Å². The van der Waals surface area contributed by atoms with E-state index < -0.39 is 5.97 Å². The number of likely N-dealkylation sites (N-methyl/N-ethyl adjacent to an activating group) is 1. The number of nitrogens with zero attached hydrogens (tertiary/aromatic N) is 2. The van der Waals surface area contributed by atoms with Crippen LogP contribution in [0.5, 0.6) is 0 Å². The van der Waals surface area contributed by atoms with Crippen molar-refractivity contribution in [1.82, 2.24) is 9.80 Å². The van der Waals surface area contributed by atoms with E-state index >= 15 is 0 Å². The van der Waals surface area contributed by atoms with Crippen molar-refractivity contribution in [3.63, 3.8) is 0 Å². The third kappa shape index (κ3) is 4.18. The molecule has 25 heavy (non-hydrogen) atoms. The highest BCUT2D eigenvalue weighted by Gasteiger charge is 2.28.